The van der Waals surface area contributed by atoms with E-state index in [1.807, 2.05) is 0 Å². The molecule has 27 heavy (non-hydrogen) atoms. The van der Waals surface area contributed by atoms with Crippen LogP contribution in [0.1, 0.15) is 17.3 Å². The Hall–Kier alpha value is -3.01. The summed E-state index contributed by atoms with van der Waals surface area (Å²) in [5.74, 6) is -3.35. The Morgan fingerprint density at radius 2 is 1.81 bits per heavy atom. The molecule has 1 atom stereocenters. The van der Waals surface area contributed by atoms with Gasteiger partial charge in [0.05, 0.1) is 17.5 Å². The lowest BCUT2D eigenvalue weighted by Gasteiger charge is -2.14. The number of hydrogen-bond donors (Lipinski definition) is 2. The number of esters is 1. The first-order chi connectivity index (χ1) is 12.5. The molecule has 2 N–H and O–H groups in total. The third kappa shape index (κ3) is 6.03. The van der Waals surface area contributed by atoms with Gasteiger partial charge in [-0.15, -0.1) is 0 Å². The highest BCUT2D eigenvalue weighted by Crippen LogP contribution is 2.17. The van der Waals surface area contributed by atoms with Crippen molar-refractivity contribution in [3.05, 3.63) is 59.7 Å². The van der Waals surface area contributed by atoms with E-state index in [1.54, 1.807) is 0 Å². The maximum absolute atomic E-state index is 13.6. The van der Waals surface area contributed by atoms with Crippen molar-refractivity contribution in [3.8, 4) is 0 Å². The molecule has 0 aromatic heterocycles. The van der Waals surface area contributed by atoms with Crippen LogP contribution in [0.3, 0.4) is 0 Å². The lowest BCUT2D eigenvalue weighted by molar-refractivity contribution is -0.123. The Morgan fingerprint density at radius 1 is 1.11 bits per heavy atom. The van der Waals surface area contributed by atoms with Crippen molar-refractivity contribution in [1.29, 1.82) is 0 Å². The normalized spacial score (nSPS) is 12.1. The molecule has 0 spiro atoms. The molecule has 2 aromatic carbocycles. The van der Waals surface area contributed by atoms with E-state index in [9.17, 15) is 26.8 Å². The van der Waals surface area contributed by atoms with Gasteiger partial charge in [-0.25, -0.2) is 22.0 Å². The van der Waals surface area contributed by atoms with Crippen molar-refractivity contribution < 1.29 is 31.5 Å². The van der Waals surface area contributed by atoms with Crippen LogP contribution in [-0.4, -0.2) is 32.7 Å². The van der Waals surface area contributed by atoms with Crippen LogP contribution in [0.5, 0.6) is 0 Å². The Bertz CT molecular complexity index is 979. The molecule has 0 bridgehead atoms. The SMILES string of the molecule is C[C@@H](OC(=O)c1cccc(NS(C)(=O)=O)c1)C(=O)Nc1cc(F)ccc1F. The number of halogens is 2. The fraction of sp³-hybridized carbons (Fsp3) is 0.176. The fourth-order valence-electron chi connectivity index (χ4n) is 2.03. The summed E-state index contributed by atoms with van der Waals surface area (Å²) in [7, 11) is -3.53. The minimum Gasteiger partial charge on any atom is -0.449 e. The number of amides is 1. The number of benzene rings is 2. The molecule has 10 heteroatoms. The van der Waals surface area contributed by atoms with Gasteiger partial charge < -0.3 is 10.1 Å². The van der Waals surface area contributed by atoms with Crippen molar-refractivity contribution in [2.45, 2.75) is 13.0 Å². The van der Waals surface area contributed by atoms with Crippen LogP contribution in [0.15, 0.2) is 42.5 Å². The minimum absolute atomic E-state index is 0.000219. The molecule has 2 aromatic rings. The summed E-state index contributed by atoms with van der Waals surface area (Å²) in [6.07, 6.45) is -0.359. The summed E-state index contributed by atoms with van der Waals surface area (Å²) in [5.41, 5.74) is -0.242. The predicted molar refractivity (Wildman–Crippen MR) is 94.8 cm³/mol. The standard InChI is InChI=1S/C17H16F2N2O5S/c1-10(16(22)20-15-9-12(18)6-7-14(15)19)26-17(23)11-4-3-5-13(8-11)21-27(2,24)25/h3-10,21H,1-2H3,(H,20,22)/t10-/m1/s1. The van der Waals surface area contributed by atoms with Crippen molar-refractivity contribution in [1.82, 2.24) is 0 Å². The third-order valence-electron chi connectivity index (χ3n) is 3.24. The molecule has 0 saturated heterocycles. The Labute approximate surface area is 154 Å². The van der Waals surface area contributed by atoms with Gasteiger partial charge in [-0.05, 0) is 37.3 Å². The number of nitrogens with one attached hydrogen (secondary N) is 2. The van der Waals surface area contributed by atoms with E-state index >= 15 is 0 Å². The van der Waals surface area contributed by atoms with Crippen LogP contribution in [0.2, 0.25) is 0 Å². The van der Waals surface area contributed by atoms with E-state index < -0.39 is 39.6 Å². The van der Waals surface area contributed by atoms with Crippen LogP contribution in [0.25, 0.3) is 0 Å². The summed E-state index contributed by atoms with van der Waals surface area (Å²) in [6.45, 7) is 1.25. The number of carbonyl (C=O) groups is 2. The van der Waals surface area contributed by atoms with Gasteiger partial charge in [-0.3, -0.25) is 9.52 Å². The number of rotatable bonds is 6. The second-order valence-electron chi connectivity index (χ2n) is 5.62. The average molecular weight is 398 g/mol. The molecule has 0 unspecified atom stereocenters. The number of anilines is 2. The van der Waals surface area contributed by atoms with Gasteiger partial charge in [0.1, 0.15) is 11.6 Å². The van der Waals surface area contributed by atoms with Crippen LogP contribution in [-0.2, 0) is 19.6 Å². The zero-order valence-electron chi connectivity index (χ0n) is 14.3. The van der Waals surface area contributed by atoms with Crippen LogP contribution in [0, 0.1) is 11.6 Å². The molecule has 144 valence electrons. The summed E-state index contributed by atoms with van der Waals surface area (Å²) >= 11 is 0. The zero-order valence-corrected chi connectivity index (χ0v) is 15.1. The number of hydrogen-bond acceptors (Lipinski definition) is 5. The van der Waals surface area contributed by atoms with Gasteiger partial charge in [0, 0.05) is 11.8 Å². The lowest BCUT2D eigenvalue weighted by atomic mass is 10.2. The van der Waals surface area contributed by atoms with Gasteiger partial charge in [0.2, 0.25) is 10.0 Å². The second-order valence-corrected chi connectivity index (χ2v) is 7.36. The molecule has 0 heterocycles. The quantitative estimate of drug-likeness (QED) is 0.728. The molecule has 1 amide bonds. The number of carbonyl (C=O) groups excluding carboxylic acids is 2. The highest BCUT2D eigenvalue weighted by atomic mass is 32.2. The third-order valence-corrected chi connectivity index (χ3v) is 3.85. The fourth-order valence-corrected chi connectivity index (χ4v) is 2.59. The van der Waals surface area contributed by atoms with E-state index in [2.05, 4.69) is 10.0 Å². The first-order valence-corrected chi connectivity index (χ1v) is 9.49. The Balaban J connectivity index is 2.05. The van der Waals surface area contributed by atoms with Crippen LogP contribution >= 0.6 is 0 Å². The smallest absolute Gasteiger partial charge is 0.338 e. The molecule has 0 aliphatic rings. The molecule has 0 aliphatic heterocycles. The maximum Gasteiger partial charge on any atom is 0.338 e. The number of ether oxygens (including phenoxy) is 1. The first-order valence-electron chi connectivity index (χ1n) is 7.60. The number of sulfonamides is 1. The van der Waals surface area contributed by atoms with E-state index in [1.165, 1.54) is 31.2 Å². The molecule has 0 aliphatic carbocycles. The van der Waals surface area contributed by atoms with Gasteiger partial charge in [-0.1, -0.05) is 6.07 Å². The lowest BCUT2D eigenvalue weighted by Crippen LogP contribution is -2.30. The molecular weight excluding hydrogens is 382 g/mol. The van der Waals surface area contributed by atoms with Crippen molar-refractivity contribution in [2.24, 2.45) is 0 Å². The van der Waals surface area contributed by atoms with Crippen molar-refractivity contribution in [3.63, 3.8) is 0 Å². The topological polar surface area (TPSA) is 102 Å². The largest absolute Gasteiger partial charge is 0.449 e. The van der Waals surface area contributed by atoms with E-state index in [0.717, 1.165) is 24.5 Å². The van der Waals surface area contributed by atoms with Gasteiger partial charge in [0.15, 0.2) is 6.10 Å². The van der Waals surface area contributed by atoms with Gasteiger partial charge >= 0.3 is 5.97 Å². The Morgan fingerprint density at radius 3 is 2.48 bits per heavy atom. The molecule has 0 radical (unpaired) electrons. The Kier molecular flexibility index (Phi) is 6.11. The van der Waals surface area contributed by atoms with Gasteiger partial charge in [0.25, 0.3) is 5.91 Å². The van der Waals surface area contributed by atoms with Crippen molar-refractivity contribution >= 4 is 33.3 Å². The van der Waals surface area contributed by atoms with Crippen molar-refractivity contribution in [2.75, 3.05) is 16.3 Å². The average Bonchev–Trinajstić information content (AvgIpc) is 2.56. The monoisotopic (exact) mass is 398 g/mol. The molecule has 0 fully saturated rings. The van der Waals surface area contributed by atoms with Crippen LogP contribution < -0.4 is 10.0 Å². The summed E-state index contributed by atoms with van der Waals surface area (Å²) < 4.78 is 56.3. The molecule has 7 nitrogen and oxygen atoms in total. The summed E-state index contributed by atoms with van der Waals surface area (Å²) in [4.78, 5) is 24.2. The van der Waals surface area contributed by atoms with Crippen LogP contribution in [0.4, 0.5) is 20.2 Å². The van der Waals surface area contributed by atoms with E-state index in [4.69, 9.17) is 4.74 Å². The first kappa shape index (κ1) is 20.3. The maximum atomic E-state index is 13.6. The molecule has 2 rings (SSSR count). The summed E-state index contributed by atoms with van der Waals surface area (Å²) in [5, 5.41) is 2.13. The summed E-state index contributed by atoms with van der Waals surface area (Å²) in [6, 6.07) is 8.00. The minimum atomic E-state index is -3.53. The second kappa shape index (κ2) is 8.12. The van der Waals surface area contributed by atoms with Gasteiger partial charge in [-0.2, -0.15) is 0 Å². The molecular formula is C17H16F2N2O5S. The van der Waals surface area contributed by atoms with E-state index in [0.29, 0.717) is 0 Å². The highest BCUT2D eigenvalue weighted by molar-refractivity contribution is 7.92. The zero-order chi connectivity index (χ0) is 20.2. The molecule has 0 saturated carbocycles. The van der Waals surface area contributed by atoms with E-state index in [-0.39, 0.29) is 16.9 Å². The highest BCUT2D eigenvalue weighted by Gasteiger charge is 2.20. The predicted octanol–water partition coefficient (Wildman–Crippen LogP) is 2.52.